The van der Waals surface area contributed by atoms with Crippen molar-refractivity contribution in [2.75, 3.05) is 0 Å². The summed E-state index contributed by atoms with van der Waals surface area (Å²) in [4.78, 5) is 0. The van der Waals surface area contributed by atoms with Crippen LogP contribution in [0.2, 0.25) is 0 Å². The molecule has 78 valence electrons. The SMILES string of the molecule is CCn1cc[n+](CC)c1-c1ccccc1. The highest BCUT2D eigenvalue weighted by atomic mass is 15.1. The van der Waals surface area contributed by atoms with Crippen molar-refractivity contribution in [2.45, 2.75) is 26.9 Å². The van der Waals surface area contributed by atoms with Gasteiger partial charge in [-0.05, 0) is 26.0 Å². The number of rotatable bonds is 3. The number of imidazole rings is 1. The zero-order chi connectivity index (χ0) is 10.7. The van der Waals surface area contributed by atoms with Crippen LogP contribution in [0.5, 0.6) is 0 Å². The van der Waals surface area contributed by atoms with Crippen molar-refractivity contribution in [2.24, 2.45) is 0 Å². The van der Waals surface area contributed by atoms with Crippen LogP contribution in [0, 0.1) is 0 Å². The lowest BCUT2D eigenvalue weighted by Gasteiger charge is -2.01. The van der Waals surface area contributed by atoms with Gasteiger partial charge in [0.25, 0.3) is 5.82 Å². The molecule has 0 N–H and O–H groups in total. The van der Waals surface area contributed by atoms with Crippen LogP contribution >= 0.6 is 0 Å². The van der Waals surface area contributed by atoms with Crippen molar-refractivity contribution < 1.29 is 4.57 Å². The summed E-state index contributed by atoms with van der Waals surface area (Å²) >= 11 is 0. The standard InChI is InChI=1S/C13H17N2/c1-3-14-10-11-15(4-2)13(14)12-8-6-5-7-9-12/h5-11H,3-4H2,1-2H3/q+1. The molecule has 15 heavy (non-hydrogen) atoms. The van der Waals surface area contributed by atoms with Gasteiger partial charge in [-0.2, -0.15) is 0 Å². The van der Waals surface area contributed by atoms with Gasteiger partial charge in [-0.15, -0.1) is 0 Å². The number of aromatic nitrogens is 2. The molecule has 1 aromatic heterocycles. The van der Waals surface area contributed by atoms with E-state index in [1.165, 1.54) is 11.4 Å². The van der Waals surface area contributed by atoms with Crippen molar-refractivity contribution in [3.05, 3.63) is 42.7 Å². The smallest absolute Gasteiger partial charge is 0.230 e. The van der Waals surface area contributed by atoms with Crippen LogP contribution in [0.3, 0.4) is 0 Å². The molecule has 0 aliphatic rings. The van der Waals surface area contributed by atoms with Gasteiger partial charge in [0.15, 0.2) is 0 Å². The Morgan fingerprint density at radius 2 is 1.87 bits per heavy atom. The van der Waals surface area contributed by atoms with Gasteiger partial charge in [0.05, 0.1) is 18.7 Å². The number of hydrogen-bond donors (Lipinski definition) is 0. The van der Waals surface area contributed by atoms with E-state index in [0.29, 0.717) is 0 Å². The van der Waals surface area contributed by atoms with Crippen LogP contribution in [0.1, 0.15) is 13.8 Å². The third-order valence-corrected chi connectivity index (χ3v) is 2.68. The monoisotopic (exact) mass is 201 g/mol. The molecule has 1 aromatic carbocycles. The quantitative estimate of drug-likeness (QED) is 0.675. The maximum Gasteiger partial charge on any atom is 0.288 e. The maximum atomic E-state index is 2.28. The first-order valence-corrected chi connectivity index (χ1v) is 5.50. The molecule has 0 fully saturated rings. The minimum absolute atomic E-state index is 1.01. The highest BCUT2D eigenvalue weighted by molar-refractivity contribution is 5.52. The van der Waals surface area contributed by atoms with Crippen LogP contribution in [-0.2, 0) is 13.1 Å². The Morgan fingerprint density at radius 3 is 2.47 bits per heavy atom. The third kappa shape index (κ3) is 1.80. The highest BCUT2D eigenvalue weighted by Crippen LogP contribution is 2.15. The zero-order valence-electron chi connectivity index (χ0n) is 9.35. The predicted octanol–water partition coefficient (Wildman–Crippen LogP) is 2.48. The minimum atomic E-state index is 1.01. The Hall–Kier alpha value is -1.57. The van der Waals surface area contributed by atoms with Gasteiger partial charge in [0.2, 0.25) is 0 Å². The van der Waals surface area contributed by atoms with E-state index < -0.39 is 0 Å². The van der Waals surface area contributed by atoms with Gasteiger partial charge in [-0.25, -0.2) is 9.13 Å². The highest BCUT2D eigenvalue weighted by Gasteiger charge is 2.16. The largest absolute Gasteiger partial charge is 0.288 e. The van der Waals surface area contributed by atoms with Crippen molar-refractivity contribution in [3.8, 4) is 11.4 Å². The number of aryl methyl sites for hydroxylation is 2. The average Bonchev–Trinajstić information content (AvgIpc) is 2.72. The second-order valence-corrected chi connectivity index (χ2v) is 3.56. The molecule has 0 aliphatic carbocycles. The van der Waals surface area contributed by atoms with Crippen molar-refractivity contribution in [3.63, 3.8) is 0 Å². The van der Waals surface area contributed by atoms with Crippen molar-refractivity contribution >= 4 is 0 Å². The topological polar surface area (TPSA) is 8.81 Å². The molecule has 2 rings (SSSR count). The van der Waals surface area contributed by atoms with Crippen LogP contribution in [-0.4, -0.2) is 4.57 Å². The molecular weight excluding hydrogens is 184 g/mol. The van der Waals surface area contributed by atoms with E-state index in [0.717, 1.165) is 13.1 Å². The van der Waals surface area contributed by atoms with Crippen LogP contribution < -0.4 is 4.57 Å². The van der Waals surface area contributed by atoms with Gasteiger partial charge >= 0.3 is 0 Å². The number of nitrogens with zero attached hydrogens (tertiary/aromatic N) is 2. The van der Waals surface area contributed by atoms with Crippen LogP contribution in [0.4, 0.5) is 0 Å². The van der Waals surface area contributed by atoms with E-state index in [1.807, 2.05) is 0 Å². The van der Waals surface area contributed by atoms with Gasteiger partial charge < -0.3 is 0 Å². The Labute approximate surface area is 90.8 Å². The molecule has 0 unspecified atom stereocenters. The summed E-state index contributed by atoms with van der Waals surface area (Å²) in [5.41, 5.74) is 1.28. The molecule has 0 saturated carbocycles. The lowest BCUT2D eigenvalue weighted by atomic mass is 10.2. The molecular formula is C13H17N2+. The van der Waals surface area contributed by atoms with Crippen LogP contribution in [0.25, 0.3) is 11.4 Å². The zero-order valence-corrected chi connectivity index (χ0v) is 9.35. The summed E-state index contributed by atoms with van der Waals surface area (Å²) in [7, 11) is 0. The molecule has 2 nitrogen and oxygen atoms in total. The summed E-state index contributed by atoms with van der Waals surface area (Å²) in [6.07, 6.45) is 4.29. The Kier molecular flexibility index (Phi) is 2.86. The first-order valence-electron chi connectivity index (χ1n) is 5.50. The van der Waals surface area contributed by atoms with E-state index in [2.05, 4.69) is 65.7 Å². The normalized spacial score (nSPS) is 10.5. The fraction of sp³-hybridized carbons (Fsp3) is 0.308. The van der Waals surface area contributed by atoms with E-state index in [-0.39, 0.29) is 0 Å². The van der Waals surface area contributed by atoms with E-state index >= 15 is 0 Å². The summed E-state index contributed by atoms with van der Waals surface area (Å²) in [5.74, 6) is 1.29. The molecule has 2 aromatic rings. The van der Waals surface area contributed by atoms with E-state index in [9.17, 15) is 0 Å². The summed E-state index contributed by atoms with van der Waals surface area (Å²) < 4.78 is 4.55. The Bertz CT molecular complexity index is 408. The number of benzene rings is 1. The summed E-state index contributed by atoms with van der Waals surface area (Å²) in [6, 6.07) is 10.5. The summed E-state index contributed by atoms with van der Waals surface area (Å²) in [6.45, 7) is 6.37. The molecule has 0 atom stereocenters. The minimum Gasteiger partial charge on any atom is -0.230 e. The van der Waals surface area contributed by atoms with Gasteiger partial charge in [0, 0.05) is 0 Å². The Balaban J connectivity index is 2.55. The average molecular weight is 201 g/mol. The maximum absolute atomic E-state index is 2.28. The lowest BCUT2D eigenvalue weighted by molar-refractivity contribution is -0.682. The Morgan fingerprint density at radius 1 is 1.13 bits per heavy atom. The van der Waals surface area contributed by atoms with E-state index in [4.69, 9.17) is 0 Å². The second-order valence-electron chi connectivity index (χ2n) is 3.56. The van der Waals surface area contributed by atoms with Crippen molar-refractivity contribution in [1.82, 2.24) is 4.57 Å². The molecule has 0 saturated heterocycles. The fourth-order valence-corrected chi connectivity index (χ4v) is 1.90. The second kappa shape index (κ2) is 4.30. The molecule has 0 bridgehead atoms. The first kappa shape index (κ1) is 9.97. The molecule has 0 spiro atoms. The first-order chi connectivity index (χ1) is 7.36. The van der Waals surface area contributed by atoms with Gasteiger partial charge in [-0.1, -0.05) is 18.2 Å². The van der Waals surface area contributed by atoms with E-state index in [1.54, 1.807) is 0 Å². The van der Waals surface area contributed by atoms with Crippen molar-refractivity contribution in [1.29, 1.82) is 0 Å². The van der Waals surface area contributed by atoms with Gasteiger partial charge in [-0.3, -0.25) is 0 Å². The van der Waals surface area contributed by atoms with Crippen LogP contribution in [0.15, 0.2) is 42.7 Å². The fourth-order valence-electron chi connectivity index (χ4n) is 1.90. The lowest BCUT2D eigenvalue weighted by Crippen LogP contribution is -2.33. The number of hydrogen-bond acceptors (Lipinski definition) is 0. The molecule has 1 heterocycles. The third-order valence-electron chi connectivity index (χ3n) is 2.68. The molecule has 0 aliphatic heterocycles. The molecule has 0 radical (unpaired) electrons. The summed E-state index contributed by atoms with van der Waals surface area (Å²) in [5, 5.41) is 0. The molecule has 2 heteroatoms. The molecule has 0 amide bonds. The van der Waals surface area contributed by atoms with Gasteiger partial charge in [0.1, 0.15) is 12.4 Å². The predicted molar refractivity (Wildman–Crippen MR) is 61.4 cm³/mol.